The van der Waals surface area contributed by atoms with Crippen LogP contribution < -0.4 is 9.64 Å². The molecule has 1 fully saturated rings. The predicted molar refractivity (Wildman–Crippen MR) is 108 cm³/mol. The number of hydrogen-bond donors (Lipinski definition) is 0. The van der Waals surface area contributed by atoms with Crippen molar-refractivity contribution in [2.75, 3.05) is 31.1 Å². The molecule has 142 valence electrons. The molecule has 0 aliphatic carbocycles. The van der Waals surface area contributed by atoms with Crippen LogP contribution in [0.2, 0.25) is 0 Å². The van der Waals surface area contributed by atoms with Gasteiger partial charge in [0.1, 0.15) is 11.4 Å². The van der Waals surface area contributed by atoms with Crippen molar-refractivity contribution < 1.29 is 9.53 Å². The van der Waals surface area contributed by atoms with E-state index in [4.69, 9.17) is 4.74 Å². The molecule has 2 aliphatic heterocycles. The predicted octanol–water partition coefficient (Wildman–Crippen LogP) is 3.68. The monoisotopic (exact) mass is 364 g/mol. The molecule has 0 aromatic heterocycles. The van der Waals surface area contributed by atoms with Crippen LogP contribution in [-0.2, 0) is 17.6 Å². The molecule has 2 aromatic rings. The minimum atomic E-state index is -0.0945. The van der Waals surface area contributed by atoms with Crippen molar-refractivity contribution in [3.05, 3.63) is 59.7 Å². The molecule has 0 saturated carbocycles. The van der Waals surface area contributed by atoms with E-state index in [1.165, 1.54) is 11.3 Å². The molecule has 4 rings (SSSR count). The third kappa shape index (κ3) is 4.10. The molecule has 0 unspecified atom stereocenters. The summed E-state index contributed by atoms with van der Waals surface area (Å²) < 4.78 is 6.05. The third-order valence-electron chi connectivity index (χ3n) is 5.62. The fourth-order valence-corrected chi connectivity index (χ4v) is 3.96. The van der Waals surface area contributed by atoms with Crippen molar-refractivity contribution in [1.82, 2.24) is 4.90 Å². The first kappa shape index (κ1) is 17.9. The Kier molecular flexibility index (Phi) is 4.81. The second kappa shape index (κ2) is 7.26. The van der Waals surface area contributed by atoms with Gasteiger partial charge in [0.2, 0.25) is 5.91 Å². The number of piperazine rings is 1. The Labute approximate surface area is 161 Å². The summed E-state index contributed by atoms with van der Waals surface area (Å²) in [5, 5.41) is 0. The smallest absolute Gasteiger partial charge is 0.227 e. The Bertz CT molecular complexity index is 808. The zero-order valence-electron chi connectivity index (χ0n) is 16.3. The number of nitrogens with zero attached hydrogens (tertiary/aromatic N) is 2. The summed E-state index contributed by atoms with van der Waals surface area (Å²) >= 11 is 0. The average Bonchev–Trinajstić information content (AvgIpc) is 2.68. The van der Waals surface area contributed by atoms with Gasteiger partial charge in [-0.05, 0) is 56.0 Å². The van der Waals surface area contributed by atoms with E-state index in [2.05, 4.69) is 49.1 Å². The molecule has 27 heavy (non-hydrogen) atoms. The molecule has 4 heteroatoms. The molecule has 1 amide bonds. The topological polar surface area (TPSA) is 32.8 Å². The Morgan fingerprint density at radius 2 is 1.78 bits per heavy atom. The highest BCUT2D eigenvalue weighted by Crippen LogP contribution is 2.33. The fourth-order valence-electron chi connectivity index (χ4n) is 3.96. The van der Waals surface area contributed by atoms with Gasteiger partial charge < -0.3 is 14.5 Å². The number of para-hydroxylation sites is 1. The van der Waals surface area contributed by atoms with Crippen LogP contribution in [0.5, 0.6) is 5.75 Å². The van der Waals surface area contributed by atoms with E-state index in [1.54, 1.807) is 0 Å². The molecule has 1 saturated heterocycles. The SMILES string of the molecule is CC1(C)CCc2cc(CC(=O)N3CCN(c4ccccc4)CC3)ccc2O1. The van der Waals surface area contributed by atoms with Crippen molar-refractivity contribution in [1.29, 1.82) is 0 Å². The van der Waals surface area contributed by atoms with Crippen LogP contribution >= 0.6 is 0 Å². The lowest BCUT2D eigenvalue weighted by Gasteiger charge is -2.36. The second-order valence-corrected chi connectivity index (χ2v) is 8.18. The summed E-state index contributed by atoms with van der Waals surface area (Å²) in [6.45, 7) is 7.61. The molecule has 2 aromatic carbocycles. The van der Waals surface area contributed by atoms with E-state index in [1.807, 2.05) is 23.1 Å². The van der Waals surface area contributed by atoms with Gasteiger partial charge in [0.15, 0.2) is 0 Å². The first-order valence-corrected chi connectivity index (χ1v) is 9.89. The minimum Gasteiger partial charge on any atom is -0.488 e. The fraction of sp³-hybridized carbons (Fsp3) is 0.435. The average molecular weight is 364 g/mol. The minimum absolute atomic E-state index is 0.0945. The van der Waals surface area contributed by atoms with Crippen molar-refractivity contribution in [2.24, 2.45) is 0 Å². The van der Waals surface area contributed by atoms with E-state index < -0.39 is 0 Å². The first-order valence-electron chi connectivity index (χ1n) is 9.89. The van der Waals surface area contributed by atoms with Gasteiger partial charge in [0.25, 0.3) is 0 Å². The maximum absolute atomic E-state index is 12.8. The van der Waals surface area contributed by atoms with Gasteiger partial charge in [-0.25, -0.2) is 0 Å². The lowest BCUT2D eigenvalue weighted by Crippen LogP contribution is -2.49. The largest absolute Gasteiger partial charge is 0.488 e. The van der Waals surface area contributed by atoms with Crippen molar-refractivity contribution in [3.8, 4) is 5.75 Å². The van der Waals surface area contributed by atoms with Gasteiger partial charge >= 0.3 is 0 Å². The Morgan fingerprint density at radius 1 is 1.04 bits per heavy atom. The highest BCUT2D eigenvalue weighted by Gasteiger charge is 2.27. The zero-order chi connectivity index (χ0) is 18.9. The molecule has 4 nitrogen and oxygen atoms in total. The number of benzene rings is 2. The van der Waals surface area contributed by atoms with E-state index in [9.17, 15) is 4.79 Å². The van der Waals surface area contributed by atoms with E-state index in [-0.39, 0.29) is 11.5 Å². The number of amides is 1. The number of rotatable bonds is 3. The van der Waals surface area contributed by atoms with Gasteiger partial charge in [-0.2, -0.15) is 0 Å². The van der Waals surface area contributed by atoms with Gasteiger partial charge in [-0.3, -0.25) is 4.79 Å². The number of aryl methyl sites for hydroxylation is 1. The lowest BCUT2D eigenvalue weighted by molar-refractivity contribution is -0.130. The molecule has 0 radical (unpaired) electrons. The number of anilines is 1. The number of fused-ring (bicyclic) bond motifs is 1. The molecule has 0 bridgehead atoms. The summed E-state index contributed by atoms with van der Waals surface area (Å²) in [5.41, 5.74) is 3.46. The summed E-state index contributed by atoms with van der Waals surface area (Å²) in [6, 6.07) is 16.7. The van der Waals surface area contributed by atoms with Crippen LogP contribution in [0.25, 0.3) is 0 Å². The Hall–Kier alpha value is -2.49. The second-order valence-electron chi connectivity index (χ2n) is 8.18. The number of hydrogen-bond acceptors (Lipinski definition) is 3. The number of ether oxygens (including phenoxy) is 1. The highest BCUT2D eigenvalue weighted by molar-refractivity contribution is 5.79. The van der Waals surface area contributed by atoms with Crippen LogP contribution in [0.3, 0.4) is 0 Å². The summed E-state index contributed by atoms with van der Waals surface area (Å²) in [4.78, 5) is 17.1. The van der Waals surface area contributed by atoms with Gasteiger partial charge in [0.05, 0.1) is 6.42 Å². The molecule has 0 atom stereocenters. The molecule has 0 spiro atoms. The summed E-state index contributed by atoms with van der Waals surface area (Å²) in [7, 11) is 0. The number of carbonyl (C=O) groups is 1. The van der Waals surface area contributed by atoms with Gasteiger partial charge in [-0.15, -0.1) is 0 Å². The highest BCUT2D eigenvalue weighted by atomic mass is 16.5. The molecular weight excluding hydrogens is 336 g/mol. The Balaban J connectivity index is 1.35. The quantitative estimate of drug-likeness (QED) is 0.833. The first-order chi connectivity index (χ1) is 13.0. The van der Waals surface area contributed by atoms with Crippen LogP contribution in [0.15, 0.2) is 48.5 Å². The van der Waals surface area contributed by atoms with Crippen LogP contribution in [0.4, 0.5) is 5.69 Å². The molecule has 0 N–H and O–H groups in total. The van der Waals surface area contributed by atoms with Crippen LogP contribution in [0, 0.1) is 0 Å². The summed E-state index contributed by atoms with van der Waals surface area (Å²) in [5.74, 6) is 1.19. The summed E-state index contributed by atoms with van der Waals surface area (Å²) in [6.07, 6.45) is 2.50. The maximum Gasteiger partial charge on any atom is 0.227 e. The standard InChI is InChI=1S/C23H28N2O2/c1-23(2)11-10-19-16-18(8-9-21(19)27-23)17-22(26)25-14-12-24(13-15-25)20-6-4-3-5-7-20/h3-9,16H,10-15,17H2,1-2H3. The van der Waals surface area contributed by atoms with E-state index >= 15 is 0 Å². The maximum atomic E-state index is 12.8. The third-order valence-corrected chi connectivity index (χ3v) is 5.62. The molecular formula is C23H28N2O2. The molecule has 2 heterocycles. The van der Waals surface area contributed by atoms with Gasteiger partial charge in [0, 0.05) is 31.9 Å². The zero-order valence-corrected chi connectivity index (χ0v) is 16.3. The van der Waals surface area contributed by atoms with E-state index in [0.717, 1.165) is 50.3 Å². The molecule has 2 aliphatic rings. The normalized spacial score (nSPS) is 18.6. The van der Waals surface area contributed by atoms with Crippen LogP contribution in [0.1, 0.15) is 31.4 Å². The Morgan fingerprint density at radius 3 is 2.52 bits per heavy atom. The number of carbonyl (C=O) groups excluding carboxylic acids is 1. The van der Waals surface area contributed by atoms with Crippen molar-refractivity contribution in [3.63, 3.8) is 0 Å². The van der Waals surface area contributed by atoms with E-state index in [0.29, 0.717) is 6.42 Å². The van der Waals surface area contributed by atoms with Crippen molar-refractivity contribution in [2.45, 2.75) is 38.7 Å². The van der Waals surface area contributed by atoms with Crippen molar-refractivity contribution >= 4 is 11.6 Å². The van der Waals surface area contributed by atoms with Crippen LogP contribution in [-0.4, -0.2) is 42.6 Å². The van der Waals surface area contributed by atoms with Gasteiger partial charge in [-0.1, -0.05) is 30.3 Å². The lowest BCUT2D eigenvalue weighted by atomic mass is 9.93.